The van der Waals surface area contributed by atoms with Crippen molar-refractivity contribution in [1.29, 1.82) is 0 Å². The second-order valence-corrected chi connectivity index (χ2v) is 6.12. The lowest BCUT2D eigenvalue weighted by molar-refractivity contribution is 0.0919. The van der Waals surface area contributed by atoms with E-state index in [4.69, 9.17) is 4.74 Å². The van der Waals surface area contributed by atoms with E-state index in [0.717, 1.165) is 16.9 Å². The van der Waals surface area contributed by atoms with Crippen LogP contribution in [0.25, 0.3) is 0 Å². The summed E-state index contributed by atoms with van der Waals surface area (Å²) in [6, 6.07) is 14.9. The first-order valence-corrected chi connectivity index (χ1v) is 7.27. The molecule has 2 atom stereocenters. The van der Waals surface area contributed by atoms with Gasteiger partial charge >= 0.3 is 0 Å². The molecule has 0 fully saturated rings. The number of halogens is 1. The first-order valence-electron chi connectivity index (χ1n) is 7.27. The van der Waals surface area contributed by atoms with E-state index in [1.807, 2.05) is 31.2 Å². The number of hydrogen-bond acceptors (Lipinski definition) is 2. The highest BCUT2D eigenvalue weighted by Gasteiger charge is 2.41. The third-order valence-corrected chi connectivity index (χ3v) is 4.06. The minimum Gasteiger partial charge on any atom is -0.486 e. The maximum absolute atomic E-state index is 13.4. The van der Waals surface area contributed by atoms with E-state index >= 15 is 0 Å². The summed E-state index contributed by atoms with van der Waals surface area (Å²) in [5.41, 5.74) is 1.77. The van der Waals surface area contributed by atoms with Gasteiger partial charge in [0, 0.05) is 11.6 Å². The average Bonchev–Trinajstić information content (AvgIpc) is 2.69. The Morgan fingerprint density at radius 2 is 1.90 bits per heavy atom. The van der Waals surface area contributed by atoms with Gasteiger partial charge in [-0.1, -0.05) is 30.3 Å². The summed E-state index contributed by atoms with van der Waals surface area (Å²) in [4.78, 5) is 0. The predicted octanol–water partition coefficient (Wildman–Crippen LogP) is 4.39. The van der Waals surface area contributed by atoms with Crippen molar-refractivity contribution in [3.8, 4) is 5.75 Å². The topological polar surface area (TPSA) is 21.3 Å². The monoisotopic (exact) mass is 285 g/mol. The van der Waals surface area contributed by atoms with Crippen molar-refractivity contribution < 1.29 is 9.13 Å². The van der Waals surface area contributed by atoms with Crippen LogP contribution in [-0.2, 0) is 0 Å². The van der Waals surface area contributed by atoms with Gasteiger partial charge in [0.1, 0.15) is 17.2 Å². The van der Waals surface area contributed by atoms with E-state index < -0.39 is 0 Å². The summed E-state index contributed by atoms with van der Waals surface area (Å²) < 4.78 is 19.4. The van der Waals surface area contributed by atoms with Crippen molar-refractivity contribution in [3.63, 3.8) is 0 Å². The molecule has 1 N–H and O–H groups in total. The average molecular weight is 285 g/mol. The SMILES string of the molecule is C[C@H](NC1c2ccccc2OC1(C)C)c1cccc(F)c1. The summed E-state index contributed by atoms with van der Waals surface area (Å²) in [6.45, 7) is 6.19. The van der Waals surface area contributed by atoms with Crippen LogP contribution in [0.4, 0.5) is 4.39 Å². The summed E-state index contributed by atoms with van der Waals surface area (Å²) >= 11 is 0. The van der Waals surface area contributed by atoms with Gasteiger partial charge in [-0.3, -0.25) is 5.32 Å². The third kappa shape index (κ3) is 2.66. The first-order chi connectivity index (χ1) is 9.97. The quantitative estimate of drug-likeness (QED) is 0.903. The van der Waals surface area contributed by atoms with Crippen LogP contribution in [0.1, 0.15) is 44.0 Å². The van der Waals surface area contributed by atoms with Crippen LogP contribution < -0.4 is 10.1 Å². The van der Waals surface area contributed by atoms with E-state index in [0.29, 0.717) is 0 Å². The number of hydrogen-bond donors (Lipinski definition) is 1. The van der Waals surface area contributed by atoms with Crippen LogP contribution in [0.3, 0.4) is 0 Å². The molecule has 0 bridgehead atoms. The highest BCUT2D eigenvalue weighted by Crippen LogP contribution is 2.43. The zero-order chi connectivity index (χ0) is 15.0. The van der Waals surface area contributed by atoms with Gasteiger partial charge in [0.25, 0.3) is 0 Å². The summed E-state index contributed by atoms with van der Waals surface area (Å²) in [5.74, 6) is 0.718. The van der Waals surface area contributed by atoms with Crippen LogP contribution in [0, 0.1) is 5.82 Å². The minimum absolute atomic E-state index is 0.0414. The summed E-state index contributed by atoms with van der Waals surface area (Å²) in [7, 11) is 0. The molecule has 1 heterocycles. The largest absolute Gasteiger partial charge is 0.486 e. The number of ether oxygens (including phenoxy) is 1. The smallest absolute Gasteiger partial charge is 0.125 e. The van der Waals surface area contributed by atoms with E-state index in [2.05, 4.69) is 25.2 Å². The van der Waals surface area contributed by atoms with Crippen LogP contribution in [0.5, 0.6) is 5.75 Å². The van der Waals surface area contributed by atoms with Crippen LogP contribution in [-0.4, -0.2) is 5.60 Å². The molecule has 2 aromatic carbocycles. The second-order valence-electron chi connectivity index (χ2n) is 6.12. The molecule has 0 aromatic heterocycles. The Morgan fingerprint density at radius 1 is 1.14 bits per heavy atom. The van der Waals surface area contributed by atoms with Crippen molar-refractivity contribution in [3.05, 3.63) is 65.5 Å². The number of rotatable bonds is 3. The van der Waals surface area contributed by atoms with Gasteiger partial charge in [-0.25, -0.2) is 4.39 Å². The first kappa shape index (κ1) is 14.1. The van der Waals surface area contributed by atoms with Gasteiger partial charge < -0.3 is 4.74 Å². The molecule has 3 heteroatoms. The lowest BCUT2D eigenvalue weighted by Crippen LogP contribution is -2.40. The van der Waals surface area contributed by atoms with Gasteiger partial charge in [0.05, 0.1) is 6.04 Å². The highest BCUT2D eigenvalue weighted by atomic mass is 19.1. The van der Waals surface area contributed by atoms with Gasteiger partial charge in [0.2, 0.25) is 0 Å². The Kier molecular flexibility index (Phi) is 3.46. The van der Waals surface area contributed by atoms with Gasteiger partial charge in [-0.05, 0) is 44.5 Å². The molecule has 0 aliphatic carbocycles. The van der Waals surface area contributed by atoms with Crippen LogP contribution in [0.2, 0.25) is 0 Å². The molecule has 1 unspecified atom stereocenters. The molecule has 3 rings (SSSR count). The molecule has 0 amide bonds. The summed E-state index contributed by atoms with van der Waals surface area (Å²) in [6.07, 6.45) is 0. The molecular weight excluding hydrogens is 265 g/mol. The van der Waals surface area contributed by atoms with Crippen molar-refractivity contribution >= 4 is 0 Å². The highest BCUT2D eigenvalue weighted by molar-refractivity contribution is 5.42. The number of nitrogens with one attached hydrogen (secondary N) is 1. The van der Waals surface area contributed by atoms with Crippen molar-refractivity contribution in [2.45, 2.75) is 38.5 Å². The maximum Gasteiger partial charge on any atom is 0.125 e. The molecule has 1 aliphatic rings. The molecule has 1 aliphatic heterocycles. The summed E-state index contributed by atoms with van der Waals surface area (Å²) in [5, 5.41) is 3.58. The minimum atomic E-state index is -0.328. The molecule has 0 saturated carbocycles. The Balaban J connectivity index is 1.87. The lowest BCUT2D eigenvalue weighted by Gasteiger charge is -2.30. The van der Waals surface area contributed by atoms with Crippen LogP contribution in [0.15, 0.2) is 48.5 Å². The normalized spacial score (nSPS) is 20.7. The zero-order valence-corrected chi connectivity index (χ0v) is 12.6. The predicted molar refractivity (Wildman–Crippen MR) is 81.8 cm³/mol. The maximum atomic E-state index is 13.4. The Morgan fingerprint density at radius 3 is 2.67 bits per heavy atom. The van der Waals surface area contributed by atoms with E-state index in [1.54, 1.807) is 12.1 Å². The van der Waals surface area contributed by atoms with E-state index in [1.165, 1.54) is 6.07 Å². The molecule has 110 valence electrons. The van der Waals surface area contributed by atoms with Gasteiger partial charge in [-0.15, -0.1) is 0 Å². The number of benzene rings is 2. The third-order valence-electron chi connectivity index (χ3n) is 4.06. The van der Waals surface area contributed by atoms with Crippen molar-refractivity contribution in [2.75, 3.05) is 0 Å². The molecule has 0 saturated heterocycles. The lowest BCUT2D eigenvalue weighted by atomic mass is 9.93. The molecule has 0 radical (unpaired) electrons. The zero-order valence-electron chi connectivity index (χ0n) is 12.6. The fourth-order valence-electron chi connectivity index (χ4n) is 2.94. The number of fused-ring (bicyclic) bond motifs is 1. The van der Waals surface area contributed by atoms with Gasteiger partial charge in [0.15, 0.2) is 0 Å². The fraction of sp³-hybridized carbons (Fsp3) is 0.333. The molecule has 0 spiro atoms. The Bertz CT molecular complexity index is 653. The van der Waals surface area contributed by atoms with Crippen LogP contribution >= 0.6 is 0 Å². The molecular formula is C18H20FNO. The Hall–Kier alpha value is -1.87. The van der Waals surface area contributed by atoms with E-state index in [9.17, 15) is 4.39 Å². The molecule has 2 nitrogen and oxygen atoms in total. The standard InChI is InChI=1S/C18H20FNO/c1-12(13-7-6-8-14(19)11-13)20-17-15-9-4-5-10-16(15)21-18(17,2)3/h4-12,17,20H,1-3H3/t12-,17?/m0/s1. The molecule has 2 aromatic rings. The fourth-order valence-corrected chi connectivity index (χ4v) is 2.94. The van der Waals surface area contributed by atoms with Gasteiger partial charge in [-0.2, -0.15) is 0 Å². The number of para-hydroxylation sites is 1. The molecule has 21 heavy (non-hydrogen) atoms. The second kappa shape index (κ2) is 5.15. The van der Waals surface area contributed by atoms with E-state index in [-0.39, 0.29) is 23.5 Å². The van der Waals surface area contributed by atoms with Crippen molar-refractivity contribution in [2.24, 2.45) is 0 Å². The van der Waals surface area contributed by atoms with Crippen molar-refractivity contribution in [1.82, 2.24) is 5.32 Å². The Labute approximate surface area is 125 Å².